The molecule has 1 saturated heterocycles. The first-order chi connectivity index (χ1) is 8.01. The second kappa shape index (κ2) is 4.91. The minimum Gasteiger partial charge on any atom is -0.570 e. The monoisotopic (exact) mass is 272 g/mol. The lowest BCUT2D eigenvalue weighted by molar-refractivity contribution is -0.145. The van der Waals surface area contributed by atoms with Crippen molar-refractivity contribution in [2.45, 2.75) is 13.0 Å². The van der Waals surface area contributed by atoms with Crippen molar-refractivity contribution in [2.24, 2.45) is 0 Å². The summed E-state index contributed by atoms with van der Waals surface area (Å²) < 4.78 is 26.8. The van der Waals surface area contributed by atoms with Gasteiger partial charge in [0.15, 0.2) is 0 Å². The Morgan fingerprint density at radius 3 is 2.53 bits per heavy atom. The van der Waals surface area contributed by atoms with Crippen LogP contribution in [-0.4, -0.2) is 32.3 Å². The Bertz CT molecular complexity index is 452. The molecule has 0 aromatic heterocycles. The number of carbonyl (C=O) groups excluding carboxylic acids is 1. The summed E-state index contributed by atoms with van der Waals surface area (Å²) in [6, 6.07) is 8.42. The lowest BCUT2D eigenvalue weighted by Crippen LogP contribution is -2.41. The molecule has 2 rings (SSSR count). The number of hydrogen-bond donors (Lipinski definition) is 1. The average molecular weight is 272 g/mol. The third kappa shape index (κ3) is 2.78. The molecule has 8 heteroatoms. The molecule has 6 nitrogen and oxygen atoms in total. The van der Waals surface area contributed by atoms with E-state index in [0.29, 0.717) is 5.30 Å². The molecule has 1 aromatic carbocycles. The van der Waals surface area contributed by atoms with Gasteiger partial charge >= 0.3 is 28.7 Å². The van der Waals surface area contributed by atoms with E-state index in [0.717, 1.165) is 0 Å². The Morgan fingerprint density at radius 2 is 2.00 bits per heavy atom. The standard InChI is InChI=1S/C6H7O3P.C3H6O3.Al/c7-10(8,9)6-4-2-1-3-5-6;1-2(4)3(5)6;/h1-5H,(H2,7,8,9);2,4H,1H3,(H,5,6);/q;;+3/p-3. The fraction of sp³-hybridized carbons (Fsp3) is 0.222. The first-order valence-corrected chi connectivity index (χ1v) is 7.88. The van der Waals surface area contributed by atoms with E-state index in [-0.39, 0.29) is 0 Å². The second-order valence-electron chi connectivity index (χ2n) is 3.45. The topological polar surface area (TPSA) is 82.1 Å². The van der Waals surface area contributed by atoms with Crippen molar-refractivity contribution in [3.8, 4) is 0 Å². The molecule has 90 valence electrons. The normalized spacial score (nSPS) is 19.3. The highest BCUT2D eigenvalue weighted by atomic mass is 31.2. The molecule has 0 saturated carbocycles. The summed E-state index contributed by atoms with van der Waals surface area (Å²) in [6.07, 6.45) is -1.24. The van der Waals surface area contributed by atoms with E-state index in [1.54, 1.807) is 30.3 Å². The Balaban J connectivity index is 1.94. The van der Waals surface area contributed by atoms with Crippen LogP contribution in [0.1, 0.15) is 6.92 Å². The van der Waals surface area contributed by atoms with E-state index in [1.807, 2.05) is 0 Å². The van der Waals surface area contributed by atoms with Gasteiger partial charge in [-0.25, -0.2) is 0 Å². The summed E-state index contributed by atoms with van der Waals surface area (Å²) in [5, 5.41) is 9.33. The molecule has 1 aliphatic rings. The van der Waals surface area contributed by atoms with Crippen LogP contribution in [0.3, 0.4) is 0 Å². The molecule has 0 radical (unpaired) electrons. The lowest BCUT2D eigenvalue weighted by atomic mass is 10.4. The molecular formula is C9H10AlO6P. The third-order valence-corrected chi connectivity index (χ3v) is 7.03. The maximum Gasteiger partial charge on any atom is 1.02 e. The molecule has 1 aliphatic heterocycles. The summed E-state index contributed by atoms with van der Waals surface area (Å²) in [6.45, 7) is 1.27. The number of aliphatic hydroxyl groups is 1. The van der Waals surface area contributed by atoms with E-state index < -0.39 is 34.8 Å². The summed E-state index contributed by atoms with van der Waals surface area (Å²) >= 11 is -2.68. The maximum atomic E-state index is 12.0. The first-order valence-electron chi connectivity index (χ1n) is 4.92. The van der Waals surface area contributed by atoms with Gasteiger partial charge < -0.3 is 16.0 Å². The Morgan fingerprint density at radius 1 is 1.41 bits per heavy atom. The van der Waals surface area contributed by atoms with Gasteiger partial charge in [-0.15, -0.1) is 0 Å². The molecule has 1 fully saturated rings. The summed E-state index contributed by atoms with van der Waals surface area (Å²) in [5.74, 6) is -0.832. The fourth-order valence-corrected chi connectivity index (χ4v) is 5.32. The molecule has 0 amide bonds. The van der Waals surface area contributed by atoms with Gasteiger partial charge in [0.25, 0.3) is 0 Å². The van der Waals surface area contributed by atoms with E-state index in [9.17, 15) is 9.36 Å². The summed E-state index contributed by atoms with van der Waals surface area (Å²) in [4.78, 5) is 11.0. The van der Waals surface area contributed by atoms with Crippen molar-refractivity contribution in [1.82, 2.24) is 0 Å². The highest BCUT2D eigenvalue weighted by Crippen LogP contribution is 2.56. The molecule has 1 aromatic rings. The third-order valence-electron chi connectivity index (χ3n) is 2.08. The van der Waals surface area contributed by atoms with Crippen LogP contribution in [0.4, 0.5) is 0 Å². The zero-order valence-corrected chi connectivity index (χ0v) is 11.0. The van der Waals surface area contributed by atoms with E-state index in [2.05, 4.69) is 0 Å². The SMILES string of the molecule is CC(O)C(=O)[O][Al]1[O]P(=O)(c2ccccc2)[O]1. The van der Waals surface area contributed by atoms with Crippen molar-refractivity contribution in [2.75, 3.05) is 0 Å². The zero-order valence-electron chi connectivity index (χ0n) is 8.98. The maximum absolute atomic E-state index is 12.0. The van der Waals surface area contributed by atoms with Crippen molar-refractivity contribution >= 4 is 34.0 Å². The number of hydrogen-bond acceptors (Lipinski definition) is 6. The predicted molar refractivity (Wildman–Crippen MR) is 59.4 cm³/mol. The van der Waals surface area contributed by atoms with Gasteiger partial charge in [-0.05, 0) is 19.1 Å². The molecule has 1 heterocycles. The smallest absolute Gasteiger partial charge is 0.570 e. The van der Waals surface area contributed by atoms with Gasteiger partial charge in [-0.3, -0.25) is 9.36 Å². The molecule has 17 heavy (non-hydrogen) atoms. The Kier molecular flexibility index (Phi) is 3.69. The highest BCUT2D eigenvalue weighted by Gasteiger charge is 2.60. The molecule has 1 N–H and O–H groups in total. The minimum absolute atomic E-state index is 0.428. The van der Waals surface area contributed by atoms with Gasteiger partial charge in [-0.1, -0.05) is 18.2 Å². The van der Waals surface area contributed by atoms with Crippen molar-refractivity contribution < 1.29 is 25.4 Å². The molecule has 0 spiro atoms. The molecule has 0 bridgehead atoms. The Labute approximate surface area is 103 Å². The van der Waals surface area contributed by atoms with Crippen molar-refractivity contribution in [3.05, 3.63) is 30.3 Å². The van der Waals surface area contributed by atoms with Crippen LogP contribution in [0, 0.1) is 0 Å². The predicted octanol–water partition coefficient (Wildman–Crippen LogP) is 0.461. The van der Waals surface area contributed by atoms with Gasteiger partial charge in [0, 0.05) is 0 Å². The van der Waals surface area contributed by atoms with Crippen LogP contribution >= 0.6 is 7.60 Å². The van der Waals surface area contributed by atoms with Crippen molar-refractivity contribution in [1.29, 1.82) is 0 Å². The van der Waals surface area contributed by atoms with Gasteiger partial charge in [0.1, 0.15) is 6.10 Å². The van der Waals surface area contributed by atoms with E-state index in [4.69, 9.17) is 16.0 Å². The van der Waals surface area contributed by atoms with E-state index in [1.165, 1.54) is 6.92 Å². The highest BCUT2D eigenvalue weighted by molar-refractivity contribution is 7.66. The van der Waals surface area contributed by atoms with Crippen LogP contribution in [0.2, 0.25) is 0 Å². The van der Waals surface area contributed by atoms with Gasteiger partial charge in [-0.2, -0.15) is 0 Å². The van der Waals surface area contributed by atoms with Gasteiger partial charge in [0.05, 0.1) is 5.30 Å². The quantitative estimate of drug-likeness (QED) is 0.636. The van der Waals surface area contributed by atoms with Crippen LogP contribution in [0.5, 0.6) is 0 Å². The molecule has 0 aliphatic carbocycles. The van der Waals surface area contributed by atoms with Crippen LogP contribution in [0.25, 0.3) is 0 Å². The van der Waals surface area contributed by atoms with Crippen LogP contribution in [0.15, 0.2) is 30.3 Å². The average Bonchev–Trinajstić information content (AvgIpc) is 2.27. The van der Waals surface area contributed by atoms with Crippen LogP contribution in [-0.2, 0) is 20.3 Å². The number of carbonyl (C=O) groups is 1. The van der Waals surface area contributed by atoms with Crippen molar-refractivity contribution in [3.63, 3.8) is 0 Å². The number of benzene rings is 1. The molecule has 1 unspecified atom stereocenters. The molecular weight excluding hydrogens is 262 g/mol. The molecule has 1 atom stereocenters. The summed E-state index contributed by atoms with van der Waals surface area (Å²) in [7, 11) is -3.28. The van der Waals surface area contributed by atoms with Gasteiger partial charge in [0.2, 0.25) is 0 Å². The minimum atomic E-state index is -3.28. The first kappa shape index (κ1) is 12.8. The number of rotatable bonds is 3. The fourth-order valence-electron chi connectivity index (χ4n) is 1.20. The number of aliphatic hydroxyl groups excluding tert-OH is 1. The van der Waals surface area contributed by atoms with Crippen LogP contribution < -0.4 is 5.30 Å². The second-order valence-corrected chi connectivity index (χ2v) is 7.46. The summed E-state index contributed by atoms with van der Waals surface area (Å²) in [5.41, 5.74) is 0. The largest absolute Gasteiger partial charge is 1.02 e. The zero-order chi connectivity index (χ0) is 12.5. The van der Waals surface area contributed by atoms with E-state index >= 15 is 0 Å². The Hall–Kier alpha value is -0.668. The lowest BCUT2D eigenvalue weighted by Gasteiger charge is -2.31.